The fourth-order valence-electron chi connectivity index (χ4n) is 2.65. The van der Waals surface area contributed by atoms with E-state index in [4.69, 9.17) is 0 Å². The summed E-state index contributed by atoms with van der Waals surface area (Å²) in [5.74, 6) is 0.865. The van der Waals surface area contributed by atoms with Gasteiger partial charge in [-0.25, -0.2) is 0 Å². The van der Waals surface area contributed by atoms with Crippen molar-refractivity contribution in [3.05, 3.63) is 0 Å². The predicted octanol–water partition coefficient (Wildman–Crippen LogP) is 2.06. The molecule has 1 saturated heterocycles. The SMILES string of the molecule is CN(C)CC1CCN(CCC(O)C(C)(C)C)CC1. The molecule has 0 saturated carbocycles. The molecule has 0 spiro atoms. The largest absolute Gasteiger partial charge is 0.393 e. The number of likely N-dealkylation sites (tertiary alicyclic amines) is 1. The number of aliphatic hydroxyl groups excluding tert-OH is 1. The zero-order valence-electron chi connectivity index (χ0n) is 12.9. The second-order valence-electron chi connectivity index (χ2n) is 7.22. The normalized spacial score (nSPS) is 21.5. The summed E-state index contributed by atoms with van der Waals surface area (Å²) in [4.78, 5) is 4.81. The molecule has 1 aliphatic heterocycles. The van der Waals surface area contributed by atoms with Crippen LogP contribution in [-0.4, -0.2) is 61.3 Å². The van der Waals surface area contributed by atoms with Gasteiger partial charge in [-0.05, 0) is 57.8 Å². The first kappa shape index (κ1) is 15.9. The maximum Gasteiger partial charge on any atom is 0.0600 e. The highest BCUT2D eigenvalue weighted by Gasteiger charge is 2.24. The molecule has 3 nitrogen and oxygen atoms in total. The van der Waals surface area contributed by atoms with E-state index in [1.165, 1.54) is 32.5 Å². The van der Waals surface area contributed by atoms with E-state index in [1.54, 1.807) is 0 Å². The molecule has 1 fully saturated rings. The molecule has 1 atom stereocenters. The smallest absolute Gasteiger partial charge is 0.0600 e. The van der Waals surface area contributed by atoms with E-state index in [-0.39, 0.29) is 11.5 Å². The van der Waals surface area contributed by atoms with Crippen molar-refractivity contribution in [2.75, 3.05) is 40.3 Å². The molecule has 1 N–H and O–H groups in total. The summed E-state index contributed by atoms with van der Waals surface area (Å²) in [5.41, 5.74) is 0.0171. The monoisotopic (exact) mass is 256 g/mol. The van der Waals surface area contributed by atoms with Crippen molar-refractivity contribution < 1.29 is 5.11 Å². The van der Waals surface area contributed by atoms with Crippen LogP contribution in [0.15, 0.2) is 0 Å². The van der Waals surface area contributed by atoms with Gasteiger partial charge in [-0.1, -0.05) is 20.8 Å². The van der Waals surface area contributed by atoms with Crippen molar-refractivity contribution in [2.24, 2.45) is 11.3 Å². The summed E-state index contributed by atoms with van der Waals surface area (Å²) in [6.45, 7) is 11.0. The summed E-state index contributed by atoms with van der Waals surface area (Å²) in [6.07, 6.45) is 3.34. The van der Waals surface area contributed by atoms with Crippen LogP contribution in [0.25, 0.3) is 0 Å². The molecular formula is C15H32N2O. The Hall–Kier alpha value is -0.120. The molecule has 18 heavy (non-hydrogen) atoms. The van der Waals surface area contributed by atoms with Gasteiger partial charge in [-0.3, -0.25) is 0 Å². The lowest BCUT2D eigenvalue weighted by Gasteiger charge is -2.34. The molecule has 1 unspecified atom stereocenters. The molecule has 1 aliphatic rings. The molecule has 0 aliphatic carbocycles. The van der Waals surface area contributed by atoms with Crippen molar-refractivity contribution in [2.45, 2.75) is 46.1 Å². The third-order valence-corrected chi connectivity index (χ3v) is 4.05. The standard InChI is InChI=1S/C15H32N2O/c1-15(2,3)14(18)8-11-17-9-6-13(7-10-17)12-16(4)5/h13-14,18H,6-12H2,1-5H3. The van der Waals surface area contributed by atoms with Crippen LogP contribution in [-0.2, 0) is 0 Å². The maximum absolute atomic E-state index is 10.1. The van der Waals surface area contributed by atoms with Crippen LogP contribution in [0.4, 0.5) is 0 Å². The predicted molar refractivity (Wildman–Crippen MR) is 77.8 cm³/mol. The van der Waals surface area contributed by atoms with E-state index in [2.05, 4.69) is 44.7 Å². The molecule has 0 bridgehead atoms. The second kappa shape index (κ2) is 6.88. The summed E-state index contributed by atoms with van der Waals surface area (Å²) in [6, 6.07) is 0. The minimum absolute atomic E-state index is 0.0171. The van der Waals surface area contributed by atoms with Crippen LogP contribution in [0.2, 0.25) is 0 Å². The number of hydrogen-bond donors (Lipinski definition) is 1. The topological polar surface area (TPSA) is 26.7 Å². The molecule has 0 aromatic rings. The van der Waals surface area contributed by atoms with Crippen LogP contribution >= 0.6 is 0 Å². The Bertz CT molecular complexity index is 227. The van der Waals surface area contributed by atoms with E-state index in [0.29, 0.717) is 0 Å². The molecule has 1 heterocycles. The molecular weight excluding hydrogens is 224 g/mol. The molecule has 1 rings (SSSR count). The van der Waals surface area contributed by atoms with Crippen molar-refractivity contribution in [1.29, 1.82) is 0 Å². The van der Waals surface area contributed by atoms with Gasteiger partial charge in [0, 0.05) is 13.1 Å². The van der Waals surface area contributed by atoms with E-state index in [9.17, 15) is 5.11 Å². The average Bonchev–Trinajstić information content (AvgIpc) is 2.25. The van der Waals surface area contributed by atoms with Gasteiger partial charge in [0.1, 0.15) is 0 Å². The maximum atomic E-state index is 10.1. The van der Waals surface area contributed by atoms with Gasteiger partial charge in [-0.15, -0.1) is 0 Å². The Morgan fingerprint density at radius 2 is 1.78 bits per heavy atom. The van der Waals surface area contributed by atoms with E-state index in [0.717, 1.165) is 18.9 Å². The van der Waals surface area contributed by atoms with Gasteiger partial charge in [0.25, 0.3) is 0 Å². The lowest BCUT2D eigenvalue weighted by atomic mass is 9.87. The van der Waals surface area contributed by atoms with Crippen molar-refractivity contribution in [3.63, 3.8) is 0 Å². The summed E-state index contributed by atoms with van der Waals surface area (Å²) in [5, 5.41) is 10.1. The first-order chi connectivity index (χ1) is 8.29. The Morgan fingerprint density at radius 1 is 1.22 bits per heavy atom. The van der Waals surface area contributed by atoms with Gasteiger partial charge >= 0.3 is 0 Å². The van der Waals surface area contributed by atoms with E-state index in [1.807, 2.05) is 0 Å². The third kappa shape index (κ3) is 5.68. The lowest BCUT2D eigenvalue weighted by Crippen LogP contribution is -2.39. The first-order valence-electron chi connectivity index (χ1n) is 7.34. The molecule has 3 heteroatoms. The van der Waals surface area contributed by atoms with Gasteiger partial charge < -0.3 is 14.9 Å². The highest BCUT2D eigenvalue weighted by atomic mass is 16.3. The van der Waals surface area contributed by atoms with Gasteiger partial charge in [0.2, 0.25) is 0 Å². The van der Waals surface area contributed by atoms with Crippen LogP contribution in [0.5, 0.6) is 0 Å². The van der Waals surface area contributed by atoms with Crippen LogP contribution < -0.4 is 0 Å². The molecule has 0 aromatic carbocycles. The number of piperidine rings is 1. The molecule has 0 amide bonds. The molecule has 0 aromatic heterocycles. The quantitative estimate of drug-likeness (QED) is 0.815. The highest BCUT2D eigenvalue weighted by Crippen LogP contribution is 2.23. The van der Waals surface area contributed by atoms with Crippen molar-refractivity contribution in [1.82, 2.24) is 9.80 Å². The Labute approximate surface area is 113 Å². The van der Waals surface area contributed by atoms with E-state index >= 15 is 0 Å². The zero-order chi connectivity index (χ0) is 13.8. The Morgan fingerprint density at radius 3 is 2.22 bits per heavy atom. The van der Waals surface area contributed by atoms with Gasteiger partial charge in [0.15, 0.2) is 0 Å². The molecule has 108 valence electrons. The van der Waals surface area contributed by atoms with Gasteiger partial charge in [0.05, 0.1) is 6.10 Å². The number of hydrogen-bond acceptors (Lipinski definition) is 3. The third-order valence-electron chi connectivity index (χ3n) is 4.05. The number of aliphatic hydroxyl groups is 1. The minimum Gasteiger partial charge on any atom is -0.393 e. The molecule has 0 radical (unpaired) electrons. The first-order valence-corrected chi connectivity index (χ1v) is 7.34. The average molecular weight is 256 g/mol. The Balaban J connectivity index is 2.20. The summed E-state index contributed by atoms with van der Waals surface area (Å²) in [7, 11) is 4.32. The van der Waals surface area contributed by atoms with Crippen LogP contribution in [0.3, 0.4) is 0 Å². The minimum atomic E-state index is -0.183. The van der Waals surface area contributed by atoms with Crippen LogP contribution in [0.1, 0.15) is 40.0 Å². The highest BCUT2D eigenvalue weighted by molar-refractivity contribution is 4.77. The summed E-state index contributed by atoms with van der Waals surface area (Å²) >= 11 is 0. The van der Waals surface area contributed by atoms with E-state index < -0.39 is 0 Å². The summed E-state index contributed by atoms with van der Waals surface area (Å²) < 4.78 is 0. The van der Waals surface area contributed by atoms with Gasteiger partial charge in [-0.2, -0.15) is 0 Å². The zero-order valence-corrected chi connectivity index (χ0v) is 12.9. The van der Waals surface area contributed by atoms with Crippen LogP contribution in [0, 0.1) is 11.3 Å². The fraction of sp³-hybridized carbons (Fsp3) is 1.00. The van der Waals surface area contributed by atoms with Crippen molar-refractivity contribution >= 4 is 0 Å². The fourth-order valence-corrected chi connectivity index (χ4v) is 2.65. The number of nitrogens with zero attached hydrogens (tertiary/aromatic N) is 2. The second-order valence-corrected chi connectivity index (χ2v) is 7.22. The van der Waals surface area contributed by atoms with Crippen molar-refractivity contribution in [3.8, 4) is 0 Å². The number of rotatable bonds is 5. The lowest BCUT2D eigenvalue weighted by molar-refractivity contribution is 0.0409. The Kier molecular flexibility index (Phi) is 6.09.